The van der Waals surface area contributed by atoms with Crippen LogP contribution in [0.3, 0.4) is 0 Å². The first-order chi connectivity index (χ1) is 5.77. The zero-order chi connectivity index (χ0) is 8.55. The molecule has 0 N–H and O–H groups in total. The van der Waals surface area contributed by atoms with E-state index < -0.39 is 7.80 Å². The van der Waals surface area contributed by atoms with E-state index in [4.69, 9.17) is 0 Å². The third-order valence-corrected chi connectivity index (χ3v) is 4.27. The maximum absolute atomic E-state index is 11.7. The van der Waals surface area contributed by atoms with Gasteiger partial charge in [-0.1, -0.05) is 0 Å². The fourth-order valence-corrected chi connectivity index (χ4v) is 3.01. The Morgan fingerprint density at radius 2 is 2.25 bits per heavy atom. The van der Waals surface area contributed by atoms with Crippen molar-refractivity contribution in [3.63, 3.8) is 0 Å². The summed E-state index contributed by atoms with van der Waals surface area (Å²) in [5, 5.41) is 0.961. The van der Waals surface area contributed by atoms with Crippen LogP contribution in [0.15, 0.2) is 18.5 Å². The van der Waals surface area contributed by atoms with E-state index in [1.807, 2.05) is 13.0 Å². The quantitative estimate of drug-likeness (QED) is 0.650. The lowest BCUT2D eigenvalue weighted by atomic mass is 10.3. The van der Waals surface area contributed by atoms with E-state index >= 15 is 0 Å². The van der Waals surface area contributed by atoms with E-state index in [0.717, 1.165) is 23.7 Å². The first kappa shape index (κ1) is 8.00. The van der Waals surface area contributed by atoms with Gasteiger partial charge in [0.2, 0.25) is 0 Å². The number of pyridine rings is 1. The van der Waals surface area contributed by atoms with Crippen molar-refractivity contribution in [1.82, 2.24) is 4.98 Å². The van der Waals surface area contributed by atoms with Crippen molar-refractivity contribution in [3.05, 3.63) is 24.0 Å². The Hall–Kier alpha value is -0.620. The van der Waals surface area contributed by atoms with E-state index in [1.165, 1.54) is 0 Å². The fraction of sp³-hybridized carbons (Fsp3) is 0.444. The molecule has 0 aliphatic heterocycles. The van der Waals surface area contributed by atoms with Crippen LogP contribution in [0.25, 0.3) is 0 Å². The van der Waals surface area contributed by atoms with Gasteiger partial charge in [0.05, 0.1) is 0 Å². The van der Waals surface area contributed by atoms with Crippen LogP contribution in [-0.4, -0.2) is 10.6 Å². The van der Waals surface area contributed by atoms with Crippen molar-refractivity contribution < 1.29 is 4.57 Å². The summed E-state index contributed by atoms with van der Waals surface area (Å²) in [7, 11) is -1.51. The largest absolute Gasteiger partial charge is 0.322 e. The van der Waals surface area contributed by atoms with Crippen molar-refractivity contribution in [2.75, 3.05) is 0 Å². The van der Waals surface area contributed by atoms with Gasteiger partial charge in [0.25, 0.3) is 0 Å². The van der Waals surface area contributed by atoms with Crippen LogP contribution in [-0.2, 0) is 4.57 Å². The molecular formula is C9H12NOP. The highest BCUT2D eigenvalue weighted by molar-refractivity contribution is 7.54. The standard InChI is InChI=1S/C9H12NOP/c1-7-4-9(6-10-5-7)12(11)8-2-3-8/h4-6,8,12H,2-3H2,1H3. The first-order valence-electron chi connectivity index (χ1n) is 4.23. The molecule has 1 fully saturated rings. The number of nitrogens with zero attached hydrogens (tertiary/aromatic N) is 1. The van der Waals surface area contributed by atoms with E-state index in [0.29, 0.717) is 5.66 Å². The van der Waals surface area contributed by atoms with Gasteiger partial charge in [-0.05, 0) is 31.4 Å². The third-order valence-electron chi connectivity index (χ3n) is 2.11. The topological polar surface area (TPSA) is 30.0 Å². The molecule has 1 atom stereocenters. The summed E-state index contributed by atoms with van der Waals surface area (Å²) in [4.78, 5) is 4.04. The van der Waals surface area contributed by atoms with Crippen LogP contribution < -0.4 is 5.30 Å². The summed E-state index contributed by atoms with van der Waals surface area (Å²) in [5.41, 5.74) is 1.59. The molecule has 12 heavy (non-hydrogen) atoms. The molecule has 1 aromatic heterocycles. The summed E-state index contributed by atoms with van der Waals surface area (Å²) in [6.07, 6.45) is 5.83. The van der Waals surface area contributed by atoms with Gasteiger partial charge in [-0.25, -0.2) is 0 Å². The predicted molar refractivity (Wildman–Crippen MR) is 50.6 cm³/mol. The molecule has 1 unspecified atom stereocenters. The summed E-state index contributed by atoms with van der Waals surface area (Å²) < 4.78 is 11.7. The van der Waals surface area contributed by atoms with E-state index in [-0.39, 0.29) is 0 Å². The Kier molecular flexibility index (Phi) is 2.02. The zero-order valence-electron chi connectivity index (χ0n) is 7.08. The molecule has 2 nitrogen and oxygen atoms in total. The molecule has 0 amide bonds. The molecule has 1 aliphatic rings. The minimum atomic E-state index is -1.51. The van der Waals surface area contributed by atoms with Crippen molar-refractivity contribution in [1.29, 1.82) is 0 Å². The van der Waals surface area contributed by atoms with Crippen LogP contribution in [0.5, 0.6) is 0 Å². The van der Waals surface area contributed by atoms with Gasteiger partial charge in [-0.15, -0.1) is 0 Å². The maximum atomic E-state index is 11.7. The molecule has 0 saturated heterocycles. The van der Waals surface area contributed by atoms with Gasteiger partial charge in [0.15, 0.2) is 0 Å². The fourth-order valence-electron chi connectivity index (χ4n) is 1.27. The van der Waals surface area contributed by atoms with E-state index in [2.05, 4.69) is 4.98 Å². The monoisotopic (exact) mass is 181 g/mol. The van der Waals surface area contributed by atoms with Crippen LogP contribution in [0.4, 0.5) is 0 Å². The lowest BCUT2D eigenvalue weighted by Crippen LogP contribution is -2.00. The summed E-state index contributed by atoms with van der Waals surface area (Å²) >= 11 is 0. The average Bonchev–Trinajstić information content (AvgIpc) is 2.85. The Labute approximate surface area is 72.8 Å². The number of rotatable bonds is 2. The number of hydrogen-bond donors (Lipinski definition) is 0. The lowest BCUT2D eigenvalue weighted by molar-refractivity contribution is 0.592. The number of aromatic nitrogens is 1. The molecule has 2 rings (SSSR count). The second-order valence-corrected chi connectivity index (χ2v) is 5.51. The van der Waals surface area contributed by atoms with E-state index in [1.54, 1.807) is 12.4 Å². The normalized spacial score (nSPS) is 19.1. The second-order valence-electron chi connectivity index (χ2n) is 3.39. The smallest absolute Gasteiger partial charge is 0.108 e. The van der Waals surface area contributed by atoms with Crippen LogP contribution in [0.2, 0.25) is 0 Å². The summed E-state index contributed by atoms with van der Waals surface area (Å²) in [6, 6.07) is 1.99. The van der Waals surface area contributed by atoms with Gasteiger partial charge in [-0.2, -0.15) is 0 Å². The van der Waals surface area contributed by atoms with Crippen molar-refractivity contribution in [2.45, 2.75) is 25.4 Å². The minimum absolute atomic E-state index is 0.485. The van der Waals surface area contributed by atoms with Crippen LogP contribution in [0.1, 0.15) is 18.4 Å². The Morgan fingerprint density at radius 3 is 2.83 bits per heavy atom. The van der Waals surface area contributed by atoms with Crippen LogP contribution >= 0.6 is 7.80 Å². The minimum Gasteiger partial charge on any atom is -0.322 e. The zero-order valence-corrected chi connectivity index (χ0v) is 8.08. The predicted octanol–water partition coefficient (Wildman–Crippen LogP) is 1.74. The summed E-state index contributed by atoms with van der Waals surface area (Å²) in [6.45, 7) is 1.98. The van der Waals surface area contributed by atoms with Crippen molar-refractivity contribution in [3.8, 4) is 0 Å². The molecule has 1 aliphatic carbocycles. The highest BCUT2D eigenvalue weighted by atomic mass is 31.1. The molecule has 1 aromatic rings. The summed E-state index contributed by atoms with van der Waals surface area (Å²) in [5.74, 6) is 0. The lowest BCUT2D eigenvalue weighted by Gasteiger charge is -1.99. The van der Waals surface area contributed by atoms with Gasteiger partial charge in [-0.3, -0.25) is 4.98 Å². The van der Waals surface area contributed by atoms with Gasteiger partial charge >= 0.3 is 0 Å². The molecule has 1 heterocycles. The van der Waals surface area contributed by atoms with Crippen LogP contribution in [0, 0.1) is 6.92 Å². The molecular weight excluding hydrogens is 169 g/mol. The molecule has 0 radical (unpaired) electrons. The highest BCUT2D eigenvalue weighted by Gasteiger charge is 2.28. The molecule has 0 spiro atoms. The molecule has 3 heteroatoms. The third kappa shape index (κ3) is 1.59. The number of aryl methyl sites for hydroxylation is 1. The Morgan fingerprint density at radius 1 is 1.50 bits per heavy atom. The second kappa shape index (κ2) is 3.02. The van der Waals surface area contributed by atoms with Gasteiger partial charge in [0, 0.05) is 23.4 Å². The Balaban J connectivity index is 2.26. The average molecular weight is 181 g/mol. The van der Waals surface area contributed by atoms with Gasteiger partial charge < -0.3 is 4.57 Å². The van der Waals surface area contributed by atoms with Gasteiger partial charge in [0.1, 0.15) is 7.80 Å². The first-order valence-corrected chi connectivity index (χ1v) is 5.72. The Bertz CT molecular complexity index is 320. The molecule has 1 saturated carbocycles. The van der Waals surface area contributed by atoms with Crippen molar-refractivity contribution >= 4 is 13.1 Å². The molecule has 0 bridgehead atoms. The molecule has 0 aromatic carbocycles. The number of hydrogen-bond acceptors (Lipinski definition) is 2. The van der Waals surface area contributed by atoms with Crippen molar-refractivity contribution in [2.24, 2.45) is 0 Å². The SMILES string of the molecule is Cc1cncc([PH](=O)C2CC2)c1. The maximum Gasteiger partial charge on any atom is 0.108 e. The van der Waals surface area contributed by atoms with E-state index in [9.17, 15) is 4.57 Å². The highest BCUT2D eigenvalue weighted by Crippen LogP contribution is 2.43. The molecule has 64 valence electrons.